The van der Waals surface area contributed by atoms with Crippen LogP contribution in [-0.2, 0) is 13.6 Å². The van der Waals surface area contributed by atoms with Gasteiger partial charge in [-0.3, -0.25) is 9.58 Å². The summed E-state index contributed by atoms with van der Waals surface area (Å²) in [5.41, 5.74) is 6.85. The van der Waals surface area contributed by atoms with Crippen LogP contribution >= 0.6 is 0 Å². The van der Waals surface area contributed by atoms with E-state index in [1.807, 2.05) is 13.1 Å². The number of aromatic nitrogens is 2. The SMILES string of the molecule is C[C@@H]1CCCCN1Cc1cc(N)n(C)n1. The van der Waals surface area contributed by atoms with E-state index in [9.17, 15) is 0 Å². The molecular weight excluding hydrogens is 188 g/mol. The highest BCUT2D eigenvalue weighted by atomic mass is 15.3. The number of hydrogen-bond donors (Lipinski definition) is 1. The number of hydrogen-bond acceptors (Lipinski definition) is 3. The largest absolute Gasteiger partial charge is 0.384 e. The molecule has 84 valence electrons. The summed E-state index contributed by atoms with van der Waals surface area (Å²) in [7, 11) is 1.89. The molecule has 2 N–H and O–H groups in total. The second-order valence-electron chi connectivity index (χ2n) is 4.50. The minimum Gasteiger partial charge on any atom is -0.384 e. The Labute approximate surface area is 91.1 Å². The van der Waals surface area contributed by atoms with Gasteiger partial charge in [-0.25, -0.2) is 0 Å². The number of likely N-dealkylation sites (tertiary alicyclic amines) is 1. The van der Waals surface area contributed by atoms with Gasteiger partial charge in [0.15, 0.2) is 0 Å². The molecule has 1 aromatic heterocycles. The highest BCUT2D eigenvalue weighted by molar-refractivity contribution is 5.30. The van der Waals surface area contributed by atoms with Crippen molar-refractivity contribution in [1.29, 1.82) is 0 Å². The Hall–Kier alpha value is -1.03. The van der Waals surface area contributed by atoms with Crippen molar-refractivity contribution >= 4 is 5.82 Å². The Morgan fingerprint density at radius 2 is 2.33 bits per heavy atom. The highest BCUT2D eigenvalue weighted by Gasteiger charge is 2.19. The number of aryl methyl sites for hydroxylation is 1. The fourth-order valence-electron chi connectivity index (χ4n) is 2.22. The Morgan fingerprint density at radius 1 is 1.53 bits per heavy atom. The van der Waals surface area contributed by atoms with Crippen LogP contribution in [0.2, 0.25) is 0 Å². The van der Waals surface area contributed by atoms with Gasteiger partial charge < -0.3 is 5.73 Å². The summed E-state index contributed by atoms with van der Waals surface area (Å²) in [6.45, 7) is 4.43. The summed E-state index contributed by atoms with van der Waals surface area (Å²) in [5.74, 6) is 0.745. The van der Waals surface area contributed by atoms with Gasteiger partial charge in [-0.15, -0.1) is 0 Å². The van der Waals surface area contributed by atoms with Crippen molar-refractivity contribution in [3.63, 3.8) is 0 Å². The van der Waals surface area contributed by atoms with E-state index >= 15 is 0 Å². The van der Waals surface area contributed by atoms with E-state index < -0.39 is 0 Å². The second kappa shape index (κ2) is 4.23. The maximum absolute atomic E-state index is 5.76. The highest BCUT2D eigenvalue weighted by Crippen LogP contribution is 2.19. The number of piperidine rings is 1. The van der Waals surface area contributed by atoms with E-state index in [0.29, 0.717) is 6.04 Å². The van der Waals surface area contributed by atoms with Crippen molar-refractivity contribution in [1.82, 2.24) is 14.7 Å². The zero-order chi connectivity index (χ0) is 10.8. The fourth-order valence-corrected chi connectivity index (χ4v) is 2.22. The van der Waals surface area contributed by atoms with Crippen LogP contribution in [0.15, 0.2) is 6.07 Å². The van der Waals surface area contributed by atoms with Gasteiger partial charge in [0, 0.05) is 25.7 Å². The van der Waals surface area contributed by atoms with Crippen LogP contribution in [0.25, 0.3) is 0 Å². The average Bonchev–Trinajstić information content (AvgIpc) is 2.50. The lowest BCUT2D eigenvalue weighted by Gasteiger charge is -2.32. The molecule has 1 aliphatic rings. The zero-order valence-electron chi connectivity index (χ0n) is 9.61. The molecule has 1 saturated heterocycles. The lowest BCUT2D eigenvalue weighted by atomic mass is 10.0. The van der Waals surface area contributed by atoms with Crippen molar-refractivity contribution in [2.45, 2.75) is 38.8 Å². The van der Waals surface area contributed by atoms with Gasteiger partial charge in [-0.1, -0.05) is 6.42 Å². The van der Waals surface area contributed by atoms with Crippen molar-refractivity contribution < 1.29 is 0 Å². The Morgan fingerprint density at radius 3 is 2.93 bits per heavy atom. The van der Waals surface area contributed by atoms with E-state index in [-0.39, 0.29) is 0 Å². The normalized spacial score (nSPS) is 23.2. The standard InChI is InChI=1S/C11H20N4/c1-9-5-3-4-6-15(9)8-10-7-11(12)14(2)13-10/h7,9H,3-6,8,12H2,1-2H3/t9-/m1/s1. The third-order valence-electron chi connectivity index (χ3n) is 3.27. The molecule has 4 heteroatoms. The summed E-state index contributed by atoms with van der Waals surface area (Å²) in [6.07, 6.45) is 3.98. The quantitative estimate of drug-likeness (QED) is 0.798. The molecule has 1 aliphatic heterocycles. The van der Waals surface area contributed by atoms with Crippen LogP contribution < -0.4 is 5.73 Å². The van der Waals surface area contributed by atoms with Crippen LogP contribution in [0.3, 0.4) is 0 Å². The number of nitrogens with two attached hydrogens (primary N) is 1. The van der Waals surface area contributed by atoms with Gasteiger partial charge in [0.2, 0.25) is 0 Å². The monoisotopic (exact) mass is 208 g/mol. The first-order valence-electron chi connectivity index (χ1n) is 5.69. The molecular formula is C11H20N4. The summed E-state index contributed by atoms with van der Waals surface area (Å²) in [6, 6.07) is 2.66. The molecule has 15 heavy (non-hydrogen) atoms. The topological polar surface area (TPSA) is 47.1 Å². The van der Waals surface area contributed by atoms with Crippen LogP contribution in [0.4, 0.5) is 5.82 Å². The zero-order valence-corrected chi connectivity index (χ0v) is 9.61. The third kappa shape index (κ3) is 2.31. The first-order valence-corrected chi connectivity index (χ1v) is 5.69. The average molecular weight is 208 g/mol. The Kier molecular flexibility index (Phi) is 2.95. The maximum atomic E-state index is 5.76. The lowest BCUT2D eigenvalue weighted by Crippen LogP contribution is -2.36. The van der Waals surface area contributed by atoms with Crippen molar-refractivity contribution in [3.8, 4) is 0 Å². The molecule has 2 rings (SSSR count). The summed E-state index contributed by atoms with van der Waals surface area (Å²) >= 11 is 0. The van der Waals surface area contributed by atoms with Crippen LogP contribution in [-0.4, -0.2) is 27.3 Å². The summed E-state index contributed by atoms with van der Waals surface area (Å²) < 4.78 is 1.74. The molecule has 1 atom stereocenters. The molecule has 0 spiro atoms. The van der Waals surface area contributed by atoms with Gasteiger partial charge in [0.25, 0.3) is 0 Å². The molecule has 0 bridgehead atoms. The van der Waals surface area contributed by atoms with E-state index in [1.54, 1.807) is 4.68 Å². The lowest BCUT2D eigenvalue weighted by molar-refractivity contribution is 0.150. The van der Waals surface area contributed by atoms with Crippen molar-refractivity contribution in [2.24, 2.45) is 7.05 Å². The van der Waals surface area contributed by atoms with E-state index in [0.717, 1.165) is 18.1 Å². The molecule has 0 saturated carbocycles. The van der Waals surface area contributed by atoms with Crippen molar-refractivity contribution in [3.05, 3.63) is 11.8 Å². The molecule has 1 fully saturated rings. The molecule has 0 radical (unpaired) electrons. The van der Waals surface area contributed by atoms with Crippen LogP contribution in [0.5, 0.6) is 0 Å². The second-order valence-corrected chi connectivity index (χ2v) is 4.50. The van der Waals surface area contributed by atoms with Gasteiger partial charge in [-0.2, -0.15) is 5.10 Å². The molecule has 1 aromatic rings. The molecule has 0 aliphatic carbocycles. The van der Waals surface area contributed by atoms with Gasteiger partial charge in [0.05, 0.1) is 5.69 Å². The minimum atomic E-state index is 0.682. The minimum absolute atomic E-state index is 0.682. The predicted octanol–water partition coefficient (Wildman–Crippen LogP) is 1.38. The fraction of sp³-hybridized carbons (Fsp3) is 0.727. The van der Waals surface area contributed by atoms with E-state index in [2.05, 4.69) is 16.9 Å². The first-order chi connectivity index (χ1) is 7.16. The molecule has 0 unspecified atom stereocenters. The molecule has 0 aromatic carbocycles. The number of nitrogen functional groups attached to an aromatic ring is 1. The maximum Gasteiger partial charge on any atom is 0.121 e. The Balaban J connectivity index is 2.01. The summed E-state index contributed by atoms with van der Waals surface area (Å²) in [5, 5.41) is 4.39. The van der Waals surface area contributed by atoms with Crippen LogP contribution in [0.1, 0.15) is 31.9 Å². The number of rotatable bonds is 2. The molecule has 2 heterocycles. The predicted molar refractivity (Wildman–Crippen MR) is 61.3 cm³/mol. The third-order valence-corrected chi connectivity index (χ3v) is 3.27. The van der Waals surface area contributed by atoms with Crippen molar-refractivity contribution in [2.75, 3.05) is 12.3 Å². The van der Waals surface area contributed by atoms with Gasteiger partial charge >= 0.3 is 0 Å². The first kappa shape index (κ1) is 10.5. The smallest absolute Gasteiger partial charge is 0.121 e. The number of nitrogens with zero attached hydrogens (tertiary/aromatic N) is 3. The number of anilines is 1. The van der Waals surface area contributed by atoms with Gasteiger partial charge in [0.1, 0.15) is 5.82 Å². The van der Waals surface area contributed by atoms with E-state index in [1.165, 1.54) is 25.8 Å². The summed E-state index contributed by atoms with van der Waals surface area (Å²) in [4.78, 5) is 2.49. The van der Waals surface area contributed by atoms with E-state index in [4.69, 9.17) is 5.73 Å². The Bertz CT molecular complexity index is 312. The van der Waals surface area contributed by atoms with Gasteiger partial charge in [-0.05, 0) is 26.3 Å². The van der Waals surface area contributed by atoms with Crippen LogP contribution in [0, 0.1) is 0 Å². The molecule has 0 amide bonds. The molecule has 4 nitrogen and oxygen atoms in total.